The Morgan fingerprint density at radius 1 is 1.39 bits per heavy atom. The lowest BCUT2D eigenvalue weighted by molar-refractivity contribution is 0.0581. The molecule has 1 aromatic carbocycles. The molecule has 98 valence electrons. The Hall–Kier alpha value is -1.04. The van der Waals surface area contributed by atoms with Gasteiger partial charge in [-0.3, -0.25) is 4.79 Å². The number of aliphatic hydroxyl groups is 1. The molecule has 2 atom stereocenters. The molecule has 0 bridgehead atoms. The van der Waals surface area contributed by atoms with Gasteiger partial charge < -0.3 is 15.3 Å². The van der Waals surface area contributed by atoms with E-state index in [2.05, 4.69) is 5.32 Å². The minimum atomic E-state index is -0.482. The maximum absolute atomic E-state index is 12.3. The van der Waals surface area contributed by atoms with Crippen LogP contribution in [-0.4, -0.2) is 54.5 Å². The largest absolute Gasteiger partial charge is 0.390 e. The van der Waals surface area contributed by atoms with Gasteiger partial charge in [0.15, 0.2) is 0 Å². The van der Waals surface area contributed by atoms with Crippen LogP contribution < -0.4 is 5.32 Å². The molecule has 1 aliphatic heterocycles. The smallest absolute Gasteiger partial charge is 0.253 e. The van der Waals surface area contributed by atoms with Crippen LogP contribution in [0, 0.1) is 0 Å². The molecular formula is C13H18N2O2S. The van der Waals surface area contributed by atoms with Crippen molar-refractivity contribution in [3.8, 4) is 0 Å². The molecule has 1 fully saturated rings. The van der Waals surface area contributed by atoms with Crippen molar-refractivity contribution in [2.75, 3.05) is 26.4 Å². The second-order valence-electron chi connectivity index (χ2n) is 4.44. The highest BCUT2D eigenvalue weighted by Gasteiger charge is 2.31. The summed E-state index contributed by atoms with van der Waals surface area (Å²) < 4.78 is 0. The summed E-state index contributed by atoms with van der Waals surface area (Å²) in [7, 11) is 1.74. The van der Waals surface area contributed by atoms with Crippen LogP contribution in [-0.2, 0) is 0 Å². The number of likely N-dealkylation sites (N-methyl/N-ethyl adjacent to an activating group) is 1. The number of β-amino-alcohol motifs (C(OH)–C–C–N with tert-alkyl or cyclic N) is 1. The quantitative estimate of drug-likeness (QED) is 0.795. The zero-order chi connectivity index (χ0) is 13.1. The van der Waals surface area contributed by atoms with Gasteiger partial charge in [-0.2, -0.15) is 0 Å². The maximum Gasteiger partial charge on any atom is 0.253 e. The van der Waals surface area contributed by atoms with Gasteiger partial charge in [-0.1, -0.05) is 0 Å². The van der Waals surface area contributed by atoms with E-state index in [0.29, 0.717) is 18.7 Å². The van der Waals surface area contributed by atoms with Gasteiger partial charge in [0, 0.05) is 30.6 Å². The fourth-order valence-electron chi connectivity index (χ4n) is 2.13. The first-order valence-corrected chi connectivity index (χ1v) is 7.16. The zero-order valence-corrected chi connectivity index (χ0v) is 11.4. The fourth-order valence-corrected chi connectivity index (χ4v) is 2.54. The zero-order valence-electron chi connectivity index (χ0n) is 10.6. The first-order chi connectivity index (χ1) is 8.63. The van der Waals surface area contributed by atoms with Gasteiger partial charge in [0.25, 0.3) is 5.91 Å². The van der Waals surface area contributed by atoms with Gasteiger partial charge in [-0.15, -0.1) is 11.8 Å². The summed E-state index contributed by atoms with van der Waals surface area (Å²) in [6.07, 6.45) is 1.52. The summed E-state index contributed by atoms with van der Waals surface area (Å²) in [5.41, 5.74) is 0.661. The SMILES string of the molecule is CSc1ccc(C(=O)N(C)[C@H]2CNC[C@@H]2O)cc1. The summed E-state index contributed by atoms with van der Waals surface area (Å²) >= 11 is 1.65. The number of hydrogen-bond donors (Lipinski definition) is 2. The Morgan fingerprint density at radius 2 is 2.06 bits per heavy atom. The first-order valence-electron chi connectivity index (χ1n) is 5.93. The molecular weight excluding hydrogens is 248 g/mol. The Morgan fingerprint density at radius 3 is 2.56 bits per heavy atom. The van der Waals surface area contributed by atoms with Crippen molar-refractivity contribution in [3.63, 3.8) is 0 Å². The van der Waals surface area contributed by atoms with E-state index in [1.54, 1.807) is 23.7 Å². The van der Waals surface area contributed by atoms with E-state index in [0.717, 1.165) is 4.90 Å². The minimum Gasteiger partial charge on any atom is -0.390 e. The molecule has 18 heavy (non-hydrogen) atoms. The molecule has 1 saturated heterocycles. The molecule has 1 amide bonds. The topological polar surface area (TPSA) is 52.6 Å². The molecule has 0 radical (unpaired) electrons. The number of carbonyl (C=O) groups is 1. The molecule has 1 aromatic rings. The van der Waals surface area contributed by atoms with Crippen molar-refractivity contribution in [1.82, 2.24) is 10.2 Å². The number of thioether (sulfide) groups is 1. The molecule has 0 spiro atoms. The molecule has 0 aromatic heterocycles. The van der Waals surface area contributed by atoms with Crippen molar-refractivity contribution in [1.29, 1.82) is 0 Å². The van der Waals surface area contributed by atoms with E-state index >= 15 is 0 Å². The second kappa shape index (κ2) is 5.73. The second-order valence-corrected chi connectivity index (χ2v) is 5.32. The predicted octanol–water partition coefficient (Wildman–Crippen LogP) is 0.813. The first kappa shape index (κ1) is 13.4. The highest BCUT2D eigenvalue weighted by Crippen LogP contribution is 2.17. The molecule has 4 nitrogen and oxygen atoms in total. The summed E-state index contributed by atoms with van der Waals surface area (Å²) in [6.45, 7) is 1.19. The van der Waals surface area contributed by atoms with Crippen LogP contribution in [0.3, 0.4) is 0 Å². The predicted molar refractivity (Wildman–Crippen MR) is 73.0 cm³/mol. The number of rotatable bonds is 3. The highest BCUT2D eigenvalue weighted by molar-refractivity contribution is 7.98. The molecule has 0 saturated carbocycles. The number of amides is 1. The third kappa shape index (κ3) is 2.68. The van der Waals surface area contributed by atoms with Gasteiger partial charge in [0.2, 0.25) is 0 Å². The van der Waals surface area contributed by atoms with Crippen molar-refractivity contribution in [3.05, 3.63) is 29.8 Å². The van der Waals surface area contributed by atoms with Gasteiger partial charge in [-0.25, -0.2) is 0 Å². The lowest BCUT2D eigenvalue weighted by Crippen LogP contribution is -2.44. The Kier molecular flexibility index (Phi) is 4.27. The number of benzene rings is 1. The van der Waals surface area contributed by atoms with E-state index < -0.39 is 6.10 Å². The monoisotopic (exact) mass is 266 g/mol. The third-order valence-corrected chi connectivity index (χ3v) is 4.05. The summed E-state index contributed by atoms with van der Waals surface area (Å²) in [5, 5.41) is 12.9. The van der Waals surface area contributed by atoms with E-state index in [9.17, 15) is 9.90 Å². The molecule has 5 heteroatoms. The van der Waals surface area contributed by atoms with Crippen molar-refractivity contribution < 1.29 is 9.90 Å². The van der Waals surface area contributed by atoms with Crippen LogP contribution in [0.2, 0.25) is 0 Å². The number of nitrogens with zero attached hydrogens (tertiary/aromatic N) is 1. The van der Waals surface area contributed by atoms with Gasteiger partial charge in [0.1, 0.15) is 0 Å². The summed E-state index contributed by atoms with van der Waals surface area (Å²) in [6, 6.07) is 7.40. The lowest BCUT2D eigenvalue weighted by Gasteiger charge is -2.26. The molecule has 2 rings (SSSR count). The highest BCUT2D eigenvalue weighted by atomic mass is 32.2. The lowest BCUT2D eigenvalue weighted by atomic mass is 10.1. The van der Waals surface area contributed by atoms with E-state index in [1.807, 2.05) is 30.5 Å². The number of nitrogens with one attached hydrogen (secondary N) is 1. The van der Waals surface area contributed by atoms with Crippen LogP contribution in [0.25, 0.3) is 0 Å². The van der Waals surface area contributed by atoms with Crippen molar-refractivity contribution in [2.45, 2.75) is 17.0 Å². The number of hydrogen-bond acceptors (Lipinski definition) is 4. The average Bonchev–Trinajstić information content (AvgIpc) is 2.83. The average molecular weight is 266 g/mol. The normalized spacial score (nSPS) is 23.1. The standard InChI is InChI=1S/C13H18N2O2S/c1-15(11-7-14-8-12(11)16)13(17)9-3-5-10(18-2)6-4-9/h3-6,11-12,14,16H,7-8H2,1-2H3/t11-,12-/m0/s1. The van der Waals surface area contributed by atoms with Crippen LogP contribution in [0.1, 0.15) is 10.4 Å². The Bertz CT molecular complexity index is 422. The van der Waals surface area contributed by atoms with Crippen LogP contribution >= 0.6 is 11.8 Å². The molecule has 0 unspecified atom stereocenters. The molecule has 1 aliphatic rings. The maximum atomic E-state index is 12.3. The number of aliphatic hydroxyl groups excluding tert-OH is 1. The Balaban J connectivity index is 2.09. The minimum absolute atomic E-state index is 0.0459. The van der Waals surface area contributed by atoms with Gasteiger partial charge in [0.05, 0.1) is 12.1 Å². The van der Waals surface area contributed by atoms with Crippen LogP contribution in [0.15, 0.2) is 29.2 Å². The molecule has 2 N–H and O–H groups in total. The van der Waals surface area contributed by atoms with Gasteiger partial charge >= 0.3 is 0 Å². The number of carbonyl (C=O) groups excluding carboxylic acids is 1. The van der Waals surface area contributed by atoms with Crippen molar-refractivity contribution in [2.24, 2.45) is 0 Å². The molecule has 1 heterocycles. The summed E-state index contributed by atoms with van der Waals surface area (Å²) in [4.78, 5) is 15.0. The van der Waals surface area contributed by atoms with Gasteiger partial charge in [-0.05, 0) is 30.5 Å². The van der Waals surface area contributed by atoms with E-state index in [1.165, 1.54) is 0 Å². The van der Waals surface area contributed by atoms with Crippen LogP contribution in [0.5, 0.6) is 0 Å². The summed E-state index contributed by atoms with van der Waals surface area (Å²) in [5.74, 6) is -0.0459. The van der Waals surface area contributed by atoms with E-state index in [4.69, 9.17) is 0 Å². The molecule has 0 aliphatic carbocycles. The van der Waals surface area contributed by atoms with Crippen molar-refractivity contribution >= 4 is 17.7 Å². The van der Waals surface area contributed by atoms with E-state index in [-0.39, 0.29) is 11.9 Å². The van der Waals surface area contributed by atoms with Crippen LogP contribution in [0.4, 0.5) is 0 Å². The fraction of sp³-hybridized carbons (Fsp3) is 0.462. The third-order valence-electron chi connectivity index (χ3n) is 3.31. The Labute approximate surface area is 111 Å².